The van der Waals surface area contributed by atoms with Crippen LogP contribution in [0.4, 0.5) is 5.00 Å². The lowest BCUT2D eigenvalue weighted by molar-refractivity contribution is -0.157. The average Bonchev–Trinajstić information content (AvgIpc) is 3.37. The number of likely N-dealkylation sites (tertiary alicyclic amines) is 1. The van der Waals surface area contributed by atoms with Crippen LogP contribution in [0.15, 0.2) is 34.3 Å². The van der Waals surface area contributed by atoms with Crippen molar-refractivity contribution in [1.82, 2.24) is 4.90 Å². The number of carbonyl (C=O) groups excluding carboxylic acids is 4. The summed E-state index contributed by atoms with van der Waals surface area (Å²) >= 11 is 1.14. The molecule has 2 aromatic heterocycles. The van der Waals surface area contributed by atoms with E-state index in [1.54, 1.807) is 17.5 Å². The van der Waals surface area contributed by atoms with Gasteiger partial charge >= 0.3 is 5.97 Å². The maximum atomic E-state index is 12.4. The summed E-state index contributed by atoms with van der Waals surface area (Å²) in [6, 6.07) is 4.96. The number of rotatable bonds is 7. The van der Waals surface area contributed by atoms with Gasteiger partial charge in [0.05, 0.1) is 24.3 Å². The van der Waals surface area contributed by atoms with Gasteiger partial charge < -0.3 is 25.1 Å². The monoisotopic (exact) mass is 405 g/mol. The highest BCUT2D eigenvalue weighted by molar-refractivity contribution is 7.14. The first-order valence-corrected chi connectivity index (χ1v) is 9.42. The van der Waals surface area contributed by atoms with Gasteiger partial charge in [0.25, 0.3) is 11.8 Å². The van der Waals surface area contributed by atoms with Gasteiger partial charge in [-0.2, -0.15) is 0 Å². The van der Waals surface area contributed by atoms with E-state index >= 15 is 0 Å². The van der Waals surface area contributed by atoms with Gasteiger partial charge in [-0.15, -0.1) is 11.3 Å². The normalized spacial score (nSPS) is 17.4. The van der Waals surface area contributed by atoms with Crippen molar-refractivity contribution in [3.05, 3.63) is 41.2 Å². The van der Waals surface area contributed by atoms with E-state index in [2.05, 4.69) is 5.32 Å². The summed E-state index contributed by atoms with van der Waals surface area (Å²) in [6.45, 7) is 1.89. The first-order chi connectivity index (χ1) is 13.3. The highest BCUT2D eigenvalue weighted by Gasteiger charge is 2.37. The molecule has 0 bridgehead atoms. The summed E-state index contributed by atoms with van der Waals surface area (Å²) in [6.07, 6.45) is 0.439. The third-order valence-corrected chi connectivity index (χ3v) is 5.13. The molecule has 0 aromatic carbocycles. The maximum absolute atomic E-state index is 12.4. The van der Waals surface area contributed by atoms with Gasteiger partial charge in [0, 0.05) is 13.0 Å². The minimum Gasteiger partial charge on any atom is -0.467 e. The number of hydrogen-bond acceptors (Lipinski definition) is 7. The fraction of sp³-hybridized carbons (Fsp3) is 0.333. The largest absolute Gasteiger partial charge is 0.467 e. The second kappa shape index (κ2) is 8.26. The number of carbonyl (C=O) groups is 4. The minimum absolute atomic E-state index is 0.0185. The van der Waals surface area contributed by atoms with E-state index in [1.807, 2.05) is 0 Å². The Labute approximate surface area is 164 Å². The van der Waals surface area contributed by atoms with Crippen LogP contribution in [-0.2, 0) is 25.7 Å². The molecule has 1 fully saturated rings. The molecule has 10 heteroatoms. The summed E-state index contributed by atoms with van der Waals surface area (Å²) in [7, 11) is 0. The molecule has 2 aromatic rings. The number of esters is 1. The molecule has 2 atom stereocenters. The lowest BCUT2D eigenvalue weighted by atomic mass is 10.1. The Morgan fingerprint density at radius 3 is 2.89 bits per heavy atom. The van der Waals surface area contributed by atoms with Gasteiger partial charge in [-0.3, -0.25) is 19.2 Å². The van der Waals surface area contributed by atoms with E-state index in [1.165, 1.54) is 24.2 Å². The number of nitrogens with one attached hydrogen (secondary N) is 1. The summed E-state index contributed by atoms with van der Waals surface area (Å²) in [5.41, 5.74) is 5.42. The molecule has 3 amide bonds. The molecular weight excluding hydrogens is 386 g/mol. The molecule has 3 rings (SSSR count). The molecule has 28 heavy (non-hydrogen) atoms. The van der Waals surface area contributed by atoms with Gasteiger partial charge in [-0.25, -0.2) is 0 Å². The van der Waals surface area contributed by atoms with Crippen molar-refractivity contribution in [3.8, 4) is 0 Å². The molecule has 1 aliphatic heterocycles. The molecule has 0 unspecified atom stereocenters. The third-order valence-electron chi connectivity index (χ3n) is 4.30. The van der Waals surface area contributed by atoms with Crippen LogP contribution in [0.3, 0.4) is 0 Å². The molecule has 0 saturated carbocycles. The van der Waals surface area contributed by atoms with Gasteiger partial charge in [0.2, 0.25) is 5.91 Å². The van der Waals surface area contributed by atoms with Crippen LogP contribution in [0.2, 0.25) is 0 Å². The predicted octanol–water partition coefficient (Wildman–Crippen LogP) is 1.36. The fourth-order valence-corrected chi connectivity index (χ4v) is 3.61. The van der Waals surface area contributed by atoms with Crippen LogP contribution in [0.25, 0.3) is 0 Å². The Balaban J connectivity index is 1.53. The van der Waals surface area contributed by atoms with Crippen molar-refractivity contribution < 1.29 is 28.3 Å². The number of thiophene rings is 1. The molecule has 0 aliphatic carbocycles. The Bertz CT molecular complexity index is 891. The van der Waals surface area contributed by atoms with Gasteiger partial charge in [-0.05, 0) is 30.5 Å². The SMILES string of the molecule is C[C@@H](OC(=O)[C@H]1CC(=O)N(Cc2ccco2)C1)C(=O)Nc1sccc1C(N)=O. The second-order valence-corrected chi connectivity index (χ2v) is 7.27. The van der Waals surface area contributed by atoms with Crippen molar-refractivity contribution in [1.29, 1.82) is 0 Å². The van der Waals surface area contributed by atoms with Crippen LogP contribution >= 0.6 is 11.3 Å². The number of hydrogen-bond donors (Lipinski definition) is 2. The quantitative estimate of drug-likeness (QED) is 0.669. The minimum atomic E-state index is -1.09. The van der Waals surface area contributed by atoms with Crippen molar-refractivity contribution in [2.75, 3.05) is 11.9 Å². The number of nitrogens with zero attached hydrogens (tertiary/aromatic N) is 1. The Morgan fingerprint density at radius 1 is 1.43 bits per heavy atom. The average molecular weight is 405 g/mol. The van der Waals surface area contributed by atoms with Crippen LogP contribution in [0.1, 0.15) is 29.5 Å². The Morgan fingerprint density at radius 2 is 2.21 bits per heavy atom. The number of furan rings is 1. The highest BCUT2D eigenvalue weighted by Crippen LogP contribution is 2.24. The fourth-order valence-electron chi connectivity index (χ4n) is 2.81. The van der Waals surface area contributed by atoms with E-state index in [-0.39, 0.29) is 31.0 Å². The zero-order valence-electron chi connectivity index (χ0n) is 15.0. The number of amides is 3. The van der Waals surface area contributed by atoms with E-state index in [9.17, 15) is 19.2 Å². The molecule has 148 valence electrons. The second-order valence-electron chi connectivity index (χ2n) is 6.35. The molecule has 3 N–H and O–H groups in total. The van der Waals surface area contributed by atoms with Crippen molar-refractivity contribution in [3.63, 3.8) is 0 Å². The molecular formula is C18H19N3O6S. The molecule has 1 saturated heterocycles. The van der Waals surface area contributed by atoms with E-state index in [0.717, 1.165) is 11.3 Å². The van der Waals surface area contributed by atoms with Crippen molar-refractivity contribution in [2.24, 2.45) is 11.7 Å². The molecule has 1 aliphatic rings. The Hall–Kier alpha value is -3.14. The van der Waals surface area contributed by atoms with Gasteiger partial charge in [0.1, 0.15) is 10.8 Å². The summed E-state index contributed by atoms with van der Waals surface area (Å²) in [5.74, 6) is -2.09. The zero-order valence-corrected chi connectivity index (χ0v) is 15.9. The van der Waals surface area contributed by atoms with Gasteiger partial charge in [0.15, 0.2) is 6.10 Å². The van der Waals surface area contributed by atoms with E-state index in [4.69, 9.17) is 14.9 Å². The van der Waals surface area contributed by atoms with Crippen LogP contribution in [-0.4, -0.2) is 41.2 Å². The summed E-state index contributed by atoms with van der Waals surface area (Å²) in [5, 5.41) is 4.43. The first kappa shape index (κ1) is 19.6. The van der Waals surface area contributed by atoms with Gasteiger partial charge in [-0.1, -0.05) is 0 Å². The molecule has 9 nitrogen and oxygen atoms in total. The summed E-state index contributed by atoms with van der Waals surface area (Å²) in [4.78, 5) is 49.5. The van der Waals surface area contributed by atoms with E-state index in [0.29, 0.717) is 10.8 Å². The molecule has 0 radical (unpaired) electrons. The number of nitrogens with two attached hydrogens (primary N) is 1. The number of primary amides is 1. The van der Waals surface area contributed by atoms with Crippen LogP contribution in [0, 0.1) is 5.92 Å². The lowest BCUT2D eigenvalue weighted by Gasteiger charge is -2.17. The Kier molecular flexibility index (Phi) is 5.78. The number of anilines is 1. The topological polar surface area (TPSA) is 132 Å². The van der Waals surface area contributed by atoms with Crippen LogP contribution < -0.4 is 11.1 Å². The highest BCUT2D eigenvalue weighted by atomic mass is 32.1. The van der Waals surface area contributed by atoms with Crippen molar-refractivity contribution >= 4 is 40.0 Å². The smallest absolute Gasteiger partial charge is 0.312 e. The molecule has 0 spiro atoms. The number of ether oxygens (including phenoxy) is 1. The maximum Gasteiger partial charge on any atom is 0.312 e. The lowest BCUT2D eigenvalue weighted by Crippen LogP contribution is -2.33. The third kappa shape index (κ3) is 4.39. The summed E-state index contributed by atoms with van der Waals surface area (Å²) < 4.78 is 10.4. The zero-order chi connectivity index (χ0) is 20.3. The standard InChI is InChI=1S/C18H19N3O6S/c1-10(16(24)20-17-13(15(19)23)4-6-28-17)27-18(25)11-7-14(22)21(8-11)9-12-3-2-5-26-12/h2-6,10-11H,7-9H2,1H3,(H2,19,23)(H,20,24)/t10-,11+/m1/s1. The first-order valence-electron chi connectivity index (χ1n) is 8.54. The van der Waals surface area contributed by atoms with Crippen LogP contribution in [0.5, 0.6) is 0 Å². The van der Waals surface area contributed by atoms with E-state index < -0.39 is 29.8 Å². The van der Waals surface area contributed by atoms with Crippen molar-refractivity contribution in [2.45, 2.75) is 26.0 Å². The predicted molar refractivity (Wildman–Crippen MR) is 99.3 cm³/mol. The molecule has 3 heterocycles.